The standard InChI is InChI=1S/C12H15FN4S/c1-3-14-7-9-10(13)5-4-6-11(9)18-12-16-15-8-17(12)2/h4-6,8,14H,3,7H2,1-2H3. The van der Waals surface area contributed by atoms with Crippen LogP contribution in [0.4, 0.5) is 4.39 Å². The number of halogens is 1. The van der Waals surface area contributed by atoms with Gasteiger partial charge in [0.15, 0.2) is 5.16 Å². The van der Waals surface area contributed by atoms with Crippen LogP contribution >= 0.6 is 11.8 Å². The molecular formula is C12H15FN4S. The van der Waals surface area contributed by atoms with E-state index in [0.717, 1.165) is 16.6 Å². The molecule has 0 saturated carbocycles. The minimum Gasteiger partial charge on any atom is -0.313 e. The first-order valence-electron chi connectivity index (χ1n) is 5.72. The zero-order chi connectivity index (χ0) is 13.0. The first kappa shape index (κ1) is 13.0. The predicted octanol–water partition coefficient (Wildman–Crippen LogP) is 2.21. The van der Waals surface area contributed by atoms with Gasteiger partial charge in [0.1, 0.15) is 12.1 Å². The second kappa shape index (κ2) is 5.97. The molecule has 0 aliphatic rings. The Balaban J connectivity index is 2.26. The molecule has 96 valence electrons. The van der Waals surface area contributed by atoms with Crippen LogP contribution in [-0.2, 0) is 13.6 Å². The lowest BCUT2D eigenvalue weighted by Crippen LogP contribution is -2.13. The highest BCUT2D eigenvalue weighted by atomic mass is 32.2. The molecule has 2 aromatic rings. The Bertz CT molecular complexity index is 527. The largest absolute Gasteiger partial charge is 0.313 e. The predicted molar refractivity (Wildman–Crippen MR) is 68.9 cm³/mol. The summed E-state index contributed by atoms with van der Waals surface area (Å²) in [5.41, 5.74) is 0.673. The van der Waals surface area contributed by atoms with Crippen molar-refractivity contribution >= 4 is 11.8 Å². The summed E-state index contributed by atoms with van der Waals surface area (Å²) in [6.45, 7) is 3.32. The van der Waals surface area contributed by atoms with E-state index in [0.29, 0.717) is 12.1 Å². The SMILES string of the molecule is CCNCc1c(F)cccc1Sc1nncn1C. The lowest BCUT2D eigenvalue weighted by atomic mass is 10.2. The van der Waals surface area contributed by atoms with Gasteiger partial charge in [0.05, 0.1) is 0 Å². The Morgan fingerprint density at radius 3 is 2.94 bits per heavy atom. The van der Waals surface area contributed by atoms with Gasteiger partial charge in [-0.25, -0.2) is 4.39 Å². The minimum atomic E-state index is -0.192. The first-order valence-corrected chi connectivity index (χ1v) is 6.54. The molecule has 0 aliphatic heterocycles. The van der Waals surface area contributed by atoms with E-state index in [-0.39, 0.29) is 5.82 Å². The fourth-order valence-electron chi connectivity index (χ4n) is 1.52. The van der Waals surface area contributed by atoms with Gasteiger partial charge in [0, 0.05) is 24.1 Å². The van der Waals surface area contributed by atoms with Gasteiger partial charge in [0.25, 0.3) is 0 Å². The van der Waals surface area contributed by atoms with Gasteiger partial charge in [-0.05, 0) is 30.4 Å². The molecule has 0 aliphatic carbocycles. The van der Waals surface area contributed by atoms with E-state index in [1.54, 1.807) is 12.4 Å². The average Bonchev–Trinajstić information content (AvgIpc) is 2.74. The lowest BCUT2D eigenvalue weighted by Gasteiger charge is -2.10. The molecule has 6 heteroatoms. The number of hydrogen-bond acceptors (Lipinski definition) is 4. The lowest BCUT2D eigenvalue weighted by molar-refractivity contribution is 0.585. The van der Waals surface area contributed by atoms with Crippen molar-refractivity contribution in [1.29, 1.82) is 0 Å². The molecule has 0 radical (unpaired) electrons. The molecule has 1 aromatic heterocycles. The van der Waals surface area contributed by atoms with Crippen molar-refractivity contribution in [2.75, 3.05) is 6.54 Å². The Hall–Kier alpha value is -1.40. The maximum atomic E-state index is 13.8. The fraction of sp³-hybridized carbons (Fsp3) is 0.333. The molecule has 0 fully saturated rings. The zero-order valence-corrected chi connectivity index (χ0v) is 11.2. The molecule has 0 spiro atoms. The smallest absolute Gasteiger partial charge is 0.195 e. The topological polar surface area (TPSA) is 42.7 Å². The summed E-state index contributed by atoms with van der Waals surface area (Å²) in [7, 11) is 1.87. The van der Waals surface area contributed by atoms with Gasteiger partial charge in [-0.2, -0.15) is 0 Å². The van der Waals surface area contributed by atoms with Crippen molar-refractivity contribution in [2.45, 2.75) is 23.5 Å². The number of aromatic nitrogens is 3. The minimum absolute atomic E-state index is 0.192. The number of nitrogens with one attached hydrogen (secondary N) is 1. The normalized spacial score (nSPS) is 10.8. The van der Waals surface area contributed by atoms with E-state index in [4.69, 9.17) is 0 Å². The third-order valence-corrected chi connectivity index (χ3v) is 3.65. The summed E-state index contributed by atoms with van der Waals surface area (Å²) < 4.78 is 15.6. The molecule has 0 amide bonds. The van der Waals surface area contributed by atoms with Gasteiger partial charge in [-0.15, -0.1) is 10.2 Å². The monoisotopic (exact) mass is 266 g/mol. The van der Waals surface area contributed by atoms with Gasteiger partial charge < -0.3 is 9.88 Å². The fourth-order valence-corrected chi connectivity index (χ4v) is 2.43. The molecule has 0 atom stereocenters. The molecule has 1 aromatic carbocycles. The molecule has 1 N–H and O–H groups in total. The highest BCUT2D eigenvalue weighted by Gasteiger charge is 2.11. The molecular weight excluding hydrogens is 251 g/mol. The van der Waals surface area contributed by atoms with Crippen LogP contribution in [-0.4, -0.2) is 21.3 Å². The summed E-state index contributed by atoms with van der Waals surface area (Å²) >= 11 is 1.42. The summed E-state index contributed by atoms with van der Waals surface area (Å²) in [4.78, 5) is 0.868. The second-order valence-electron chi connectivity index (χ2n) is 3.82. The van der Waals surface area contributed by atoms with Crippen molar-refractivity contribution in [3.8, 4) is 0 Å². The Kier molecular flexibility index (Phi) is 4.33. The summed E-state index contributed by atoms with van der Waals surface area (Å²) in [6, 6.07) is 5.09. The van der Waals surface area contributed by atoms with Gasteiger partial charge >= 0.3 is 0 Å². The van der Waals surface area contributed by atoms with E-state index < -0.39 is 0 Å². The van der Waals surface area contributed by atoms with Crippen molar-refractivity contribution in [3.05, 3.63) is 35.9 Å². The highest BCUT2D eigenvalue weighted by Crippen LogP contribution is 2.29. The van der Waals surface area contributed by atoms with Gasteiger partial charge in [0.2, 0.25) is 0 Å². The zero-order valence-electron chi connectivity index (χ0n) is 10.4. The van der Waals surface area contributed by atoms with Crippen LogP contribution in [0.25, 0.3) is 0 Å². The van der Waals surface area contributed by atoms with E-state index in [1.165, 1.54) is 17.8 Å². The van der Waals surface area contributed by atoms with E-state index in [9.17, 15) is 4.39 Å². The molecule has 0 unspecified atom stereocenters. The summed E-state index contributed by atoms with van der Waals surface area (Å²) in [5.74, 6) is -0.192. The average molecular weight is 266 g/mol. The van der Waals surface area contributed by atoms with E-state index >= 15 is 0 Å². The molecule has 18 heavy (non-hydrogen) atoms. The summed E-state index contributed by atoms with van der Waals surface area (Å²) in [5, 5.41) is 11.7. The van der Waals surface area contributed by atoms with Crippen molar-refractivity contribution < 1.29 is 4.39 Å². The highest BCUT2D eigenvalue weighted by molar-refractivity contribution is 7.99. The van der Waals surface area contributed by atoms with E-state index in [2.05, 4.69) is 15.5 Å². The van der Waals surface area contributed by atoms with Gasteiger partial charge in [-0.1, -0.05) is 13.0 Å². The third-order valence-electron chi connectivity index (χ3n) is 2.50. The Morgan fingerprint density at radius 1 is 1.44 bits per heavy atom. The number of aryl methyl sites for hydroxylation is 1. The van der Waals surface area contributed by atoms with E-state index in [1.807, 2.05) is 24.6 Å². The quantitative estimate of drug-likeness (QED) is 0.901. The van der Waals surface area contributed by atoms with Crippen molar-refractivity contribution in [1.82, 2.24) is 20.1 Å². The number of hydrogen-bond donors (Lipinski definition) is 1. The second-order valence-corrected chi connectivity index (χ2v) is 4.83. The van der Waals surface area contributed by atoms with Crippen LogP contribution in [0, 0.1) is 5.82 Å². The molecule has 1 heterocycles. The maximum Gasteiger partial charge on any atom is 0.195 e. The van der Waals surface area contributed by atoms with Crippen molar-refractivity contribution in [2.24, 2.45) is 7.05 Å². The number of nitrogens with zero attached hydrogens (tertiary/aromatic N) is 3. The third kappa shape index (κ3) is 2.88. The van der Waals surface area contributed by atoms with Crippen LogP contribution in [0.1, 0.15) is 12.5 Å². The van der Waals surface area contributed by atoms with Crippen LogP contribution < -0.4 is 5.32 Å². The van der Waals surface area contributed by atoms with Gasteiger partial charge in [-0.3, -0.25) is 0 Å². The van der Waals surface area contributed by atoms with Crippen LogP contribution in [0.5, 0.6) is 0 Å². The van der Waals surface area contributed by atoms with Crippen LogP contribution in [0.15, 0.2) is 34.6 Å². The molecule has 0 bridgehead atoms. The Morgan fingerprint density at radius 2 is 2.28 bits per heavy atom. The number of rotatable bonds is 5. The maximum absolute atomic E-state index is 13.8. The van der Waals surface area contributed by atoms with Crippen LogP contribution in [0.2, 0.25) is 0 Å². The van der Waals surface area contributed by atoms with Crippen molar-refractivity contribution in [3.63, 3.8) is 0 Å². The summed E-state index contributed by atoms with van der Waals surface area (Å²) in [6.07, 6.45) is 1.63. The Labute approximate surface area is 110 Å². The van der Waals surface area contributed by atoms with Crippen LogP contribution in [0.3, 0.4) is 0 Å². The molecule has 4 nitrogen and oxygen atoms in total. The number of benzene rings is 1. The first-order chi connectivity index (χ1) is 8.72. The molecule has 0 saturated heterocycles. The molecule has 2 rings (SSSR count).